The molecule has 1 aliphatic rings. The molecule has 19 heavy (non-hydrogen) atoms. The molecule has 0 aromatic heterocycles. The first kappa shape index (κ1) is 13.6. The van der Waals surface area contributed by atoms with Gasteiger partial charge < -0.3 is 15.0 Å². The number of nitrogens with zero attached hydrogens (tertiary/aromatic N) is 1. The zero-order chi connectivity index (χ0) is 13.7. The molecule has 0 radical (unpaired) electrons. The molecule has 2 rings (SSSR count). The number of rotatable bonds is 5. The average molecular weight is 260 g/mol. The second-order valence-electron chi connectivity index (χ2n) is 4.54. The van der Waals surface area contributed by atoms with Crippen LogP contribution in [0.25, 0.3) is 6.08 Å². The van der Waals surface area contributed by atoms with Crippen molar-refractivity contribution in [3.63, 3.8) is 0 Å². The van der Waals surface area contributed by atoms with Crippen LogP contribution in [-0.4, -0.2) is 43.6 Å². The average Bonchev–Trinajstić information content (AvgIpc) is 2.40. The Labute approximate surface area is 114 Å². The molecule has 0 aliphatic carbocycles. The van der Waals surface area contributed by atoms with Gasteiger partial charge in [-0.3, -0.25) is 4.79 Å². The van der Waals surface area contributed by atoms with E-state index >= 15 is 0 Å². The number of carbonyl (C=O) groups excluding carboxylic acids is 1. The summed E-state index contributed by atoms with van der Waals surface area (Å²) in [6.07, 6.45) is 3.49. The summed E-state index contributed by atoms with van der Waals surface area (Å²) in [4.78, 5) is 14.0. The molecule has 1 fully saturated rings. The SMILES string of the molecule is CCN(C(=O)C=Cc1ccc(OC)cc1)C1CNC1. The Morgan fingerprint density at radius 3 is 2.58 bits per heavy atom. The summed E-state index contributed by atoms with van der Waals surface area (Å²) in [7, 11) is 1.64. The highest BCUT2D eigenvalue weighted by Crippen LogP contribution is 2.13. The summed E-state index contributed by atoms with van der Waals surface area (Å²) in [5.41, 5.74) is 0.997. The first-order chi connectivity index (χ1) is 9.24. The molecule has 0 saturated carbocycles. The number of benzene rings is 1. The van der Waals surface area contributed by atoms with Crippen molar-refractivity contribution >= 4 is 12.0 Å². The van der Waals surface area contributed by atoms with E-state index in [9.17, 15) is 4.79 Å². The third-order valence-electron chi connectivity index (χ3n) is 3.36. The van der Waals surface area contributed by atoms with E-state index in [-0.39, 0.29) is 5.91 Å². The molecule has 0 unspecified atom stereocenters. The minimum atomic E-state index is 0.0739. The van der Waals surface area contributed by atoms with Crippen LogP contribution in [-0.2, 0) is 4.79 Å². The van der Waals surface area contributed by atoms with E-state index in [0.29, 0.717) is 6.04 Å². The molecule has 1 aromatic rings. The summed E-state index contributed by atoms with van der Waals surface area (Å²) in [6.45, 7) is 4.56. The Balaban J connectivity index is 1.97. The van der Waals surface area contributed by atoms with Gasteiger partial charge in [0.2, 0.25) is 5.91 Å². The van der Waals surface area contributed by atoms with Gasteiger partial charge in [-0.15, -0.1) is 0 Å². The van der Waals surface area contributed by atoms with Crippen molar-refractivity contribution in [1.82, 2.24) is 10.2 Å². The molecule has 0 bridgehead atoms. The molecule has 0 atom stereocenters. The van der Waals surface area contributed by atoms with Gasteiger partial charge in [-0.05, 0) is 30.7 Å². The van der Waals surface area contributed by atoms with Crippen LogP contribution in [0.5, 0.6) is 5.75 Å². The van der Waals surface area contributed by atoms with Crippen LogP contribution >= 0.6 is 0 Å². The number of ether oxygens (including phenoxy) is 1. The summed E-state index contributed by atoms with van der Waals surface area (Å²) >= 11 is 0. The fourth-order valence-corrected chi connectivity index (χ4v) is 2.07. The lowest BCUT2D eigenvalue weighted by Gasteiger charge is -2.37. The summed E-state index contributed by atoms with van der Waals surface area (Å²) in [5, 5.41) is 3.19. The first-order valence-electron chi connectivity index (χ1n) is 6.58. The molecular formula is C15H20N2O2. The van der Waals surface area contributed by atoms with E-state index in [0.717, 1.165) is 30.9 Å². The fourth-order valence-electron chi connectivity index (χ4n) is 2.07. The smallest absolute Gasteiger partial charge is 0.246 e. The Morgan fingerprint density at radius 2 is 2.11 bits per heavy atom. The zero-order valence-electron chi connectivity index (χ0n) is 11.4. The second kappa shape index (κ2) is 6.38. The van der Waals surface area contributed by atoms with E-state index in [1.807, 2.05) is 42.2 Å². The lowest BCUT2D eigenvalue weighted by atomic mass is 10.1. The number of hydrogen-bond acceptors (Lipinski definition) is 3. The number of likely N-dealkylation sites (N-methyl/N-ethyl adjacent to an activating group) is 1. The monoisotopic (exact) mass is 260 g/mol. The number of hydrogen-bond donors (Lipinski definition) is 1. The van der Waals surface area contributed by atoms with E-state index in [1.54, 1.807) is 13.2 Å². The van der Waals surface area contributed by atoms with Gasteiger partial charge in [0.1, 0.15) is 5.75 Å². The molecular weight excluding hydrogens is 240 g/mol. The van der Waals surface area contributed by atoms with Crippen LogP contribution in [0.4, 0.5) is 0 Å². The van der Waals surface area contributed by atoms with Crippen molar-refractivity contribution < 1.29 is 9.53 Å². The highest BCUT2D eigenvalue weighted by molar-refractivity contribution is 5.92. The normalized spacial score (nSPS) is 15.3. The maximum atomic E-state index is 12.1. The largest absolute Gasteiger partial charge is 0.497 e. The summed E-state index contributed by atoms with van der Waals surface area (Å²) in [6, 6.07) is 7.99. The van der Waals surface area contributed by atoms with Crippen molar-refractivity contribution in [2.24, 2.45) is 0 Å². The first-order valence-corrected chi connectivity index (χ1v) is 6.58. The van der Waals surface area contributed by atoms with Crippen LogP contribution in [0, 0.1) is 0 Å². The lowest BCUT2D eigenvalue weighted by Crippen LogP contribution is -2.58. The molecule has 102 valence electrons. The maximum Gasteiger partial charge on any atom is 0.246 e. The van der Waals surface area contributed by atoms with E-state index < -0.39 is 0 Å². The quantitative estimate of drug-likeness (QED) is 0.816. The van der Waals surface area contributed by atoms with Crippen molar-refractivity contribution in [3.05, 3.63) is 35.9 Å². The van der Waals surface area contributed by atoms with Crippen LogP contribution in [0.3, 0.4) is 0 Å². The molecule has 1 aliphatic heterocycles. The molecule has 1 aromatic carbocycles. The van der Waals surface area contributed by atoms with Crippen LogP contribution in [0.2, 0.25) is 0 Å². The molecule has 1 amide bonds. The van der Waals surface area contributed by atoms with Crippen LogP contribution in [0.1, 0.15) is 12.5 Å². The Hall–Kier alpha value is -1.81. The molecule has 4 heteroatoms. The van der Waals surface area contributed by atoms with E-state index in [2.05, 4.69) is 5.32 Å². The molecule has 0 spiro atoms. The summed E-state index contributed by atoms with van der Waals surface area (Å²) < 4.78 is 5.10. The number of nitrogens with one attached hydrogen (secondary N) is 1. The standard InChI is InChI=1S/C15H20N2O2/c1-3-17(13-10-16-11-13)15(18)9-6-12-4-7-14(19-2)8-5-12/h4-9,13,16H,3,10-11H2,1-2H3. The molecule has 1 N–H and O–H groups in total. The predicted octanol–water partition coefficient (Wildman–Crippen LogP) is 1.53. The Morgan fingerprint density at radius 1 is 1.42 bits per heavy atom. The van der Waals surface area contributed by atoms with Crippen LogP contribution in [0.15, 0.2) is 30.3 Å². The molecule has 1 saturated heterocycles. The zero-order valence-corrected chi connectivity index (χ0v) is 11.4. The molecule has 4 nitrogen and oxygen atoms in total. The van der Waals surface area contributed by atoms with Gasteiger partial charge in [-0.25, -0.2) is 0 Å². The lowest BCUT2D eigenvalue weighted by molar-refractivity contribution is -0.128. The topological polar surface area (TPSA) is 41.6 Å². The van der Waals surface area contributed by atoms with Gasteiger partial charge in [0, 0.05) is 25.7 Å². The predicted molar refractivity (Wildman–Crippen MR) is 76.1 cm³/mol. The van der Waals surface area contributed by atoms with Gasteiger partial charge >= 0.3 is 0 Å². The van der Waals surface area contributed by atoms with Gasteiger partial charge in [0.25, 0.3) is 0 Å². The van der Waals surface area contributed by atoms with E-state index in [4.69, 9.17) is 4.74 Å². The maximum absolute atomic E-state index is 12.1. The third kappa shape index (κ3) is 3.35. The Kier molecular flexibility index (Phi) is 4.58. The Bertz CT molecular complexity index is 450. The van der Waals surface area contributed by atoms with Gasteiger partial charge in [0.05, 0.1) is 13.2 Å². The van der Waals surface area contributed by atoms with Gasteiger partial charge in [-0.2, -0.15) is 0 Å². The van der Waals surface area contributed by atoms with Crippen molar-refractivity contribution in [3.8, 4) is 5.75 Å². The summed E-state index contributed by atoms with van der Waals surface area (Å²) in [5.74, 6) is 0.893. The third-order valence-corrected chi connectivity index (χ3v) is 3.36. The van der Waals surface area contributed by atoms with Crippen molar-refractivity contribution in [2.75, 3.05) is 26.7 Å². The van der Waals surface area contributed by atoms with Crippen molar-refractivity contribution in [1.29, 1.82) is 0 Å². The number of methoxy groups -OCH3 is 1. The second-order valence-corrected chi connectivity index (χ2v) is 4.54. The van der Waals surface area contributed by atoms with Gasteiger partial charge in [0.15, 0.2) is 0 Å². The van der Waals surface area contributed by atoms with Crippen LogP contribution < -0.4 is 10.1 Å². The minimum Gasteiger partial charge on any atom is -0.497 e. The van der Waals surface area contributed by atoms with E-state index in [1.165, 1.54) is 0 Å². The van der Waals surface area contributed by atoms with Gasteiger partial charge in [-0.1, -0.05) is 12.1 Å². The number of carbonyl (C=O) groups is 1. The fraction of sp³-hybridized carbons (Fsp3) is 0.400. The minimum absolute atomic E-state index is 0.0739. The highest BCUT2D eigenvalue weighted by Gasteiger charge is 2.25. The number of amides is 1. The van der Waals surface area contributed by atoms with Crippen molar-refractivity contribution in [2.45, 2.75) is 13.0 Å². The highest BCUT2D eigenvalue weighted by atomic mass is 16.5. The molecule has 1 heterocycles.